The molecule has 2 unspecified atom stereocenters. The molecule has 0 amide bonds. The van der Waals surface area contributed by atoms with Gasteiger partial charge in [0, 0.05) is 13.2 Å². The van der Waals surface area contributed by atoms with Gasteiger partial charge < -0.3 is 33.9 Å². The molecule has 0 saturated carbocycles. The van der Waals surface area contributed by atoms with Crippen molar-refractivity contribution in [2.45, 2.75) is 47.2 Å². The van der Waals surface area contributed by atoms with Gasteiger partial charge in [0.15, 0.2) is 12.6 Å². The van der Waals surface area contributed by atoms with Gasteiger partial charge in [-0.2, -0.15) is 0 Å². The van der Waals surface area contributed by atoms with Crippen molar-refractivity contribution in [2.75, 3.05) is 19.8 Å². The standard InChI is InChI=1S/C14H22O4.C6H6O2.C4H8O/c1-5-15-11(3)17-13-7-9-14(10-8-13)18-12(4)16-6-2;7-5-1-2-6(8)4-3-5;1-3-5-4-2/h7-12H,5-6H2,1-4H3;1-4,7-8H;3H,1,4H2,2H3. The topological polar surface area (TPSA) is 86.6 Å². The molecule has 0 aliphatic carbocycles. The quantitative estimate of drug-likeness (QED) is 0.290. The van der Waals surface area contributed by atoms with Crippen LogP contribution in [0.2, 0.25) is 0 Å². The van der Waals surface area contributed by atoms with Gasteiger partial charge in [0.1, 0.15) is 23.0 Å². The van der Waals surface area contributed by atoms with Crippen molar-refractivity contribution in [3.05, 3.63) is 61.4 Å². The lowest BCUT2D eigenvalue weighted by Gasteiger charge is -2.16. The Balaban J connectivity index is 0.000000566. The van der Waals surface area contributed by atoms with E-state index in [1.165, 1.54) is 30.5 Å². The minimum Gasteiger partial charge on any atom is -0.508 e. The molecule has 2 aromatic carbocycles. The Morgan fingerprint density at radius 3 is 1.29 bits per heavy atom. The summed E-state index contributed by atoms with van der Waals surface area (Å²) >= 11 is 0. The third-order valence-electron chi connectivity index (χ3n) is 3.36. The van der Waals surface area contributed by atoms with E-state index in [1.54, 1.807) is 0 Å². The lowest BCUT2D eigenvalue weighted by molar-refractivity contribution is -0.0636. The molecule has 2 rings (SSSR count). The molecular formula is C24H36O7. The van der Waals surface area contributed by atoms with Gasteiger partial charge in [-0.05, 0) is 83.1 Å². The van der Waals surface area contributed by atoms with E-state index in [2.05, 4.69) is 11.3 Å². The molecule has 2 N–H and O–H groups in total. The largest absolute Gasteiger partial charge is 0.508 e. The maximum Gasteiger partial charge on any atom is 0.196 e. The van der Waals surface area contributed by atoms with Crippen LogP contribution in [-0.4, -0.2) is 42.6 Å². The van der Waals surface area contributed by atoms with Crippen LogP contribution in [0.15, 0.2) is 61.4 Å². The first-order chi connectivity index (χ1) is 14.9. The first kappa shape index (κ1) is 28.1. The number of phenolic OH excluding ortho intramolecular Hbond substituents is 2. The summed E-state index contributed by atoms with van der Waals surface area (Å²) in [5, 5.41) is 17.3. The van der Waals surface area contributed by atoms with Crippen molar-refractivity contribution in [1.82, 2.24) is 0 Å². The summed E-state index contributed by atoms with van der Waals surface area (Å²) in [7, 11) is 0. The van der Waals surface area contributed by atoms with E-state index >= 15 is 0 Å². The van der Waals surface area contributed by atoms with Gasteiger partial charge >= 0.3 is 0 Å². The molecule has 0 bridgehead atoms. The molecule has 174 valence electrons. The molecule has 2 aromatic rings. The van der Waals surface area contributed by atoms with E-state index in [4.69, 9.17) is 29.2 Å². The highest BCUT2D eigenvalue weighted by Gasteiger charge is 2.05. The van der Waals surface area contributed by atoms with Crippen LogP contribution in [0, 0.1) is 0 Å². The van der Waals surface area contributed by atoms with Gasteiger partial charge in [0.25, 0.3) is 0 Å². The second kappa shape index (κ2) is 17.9. The summed E-state index contributed by atoms with van der Waals surface area (Å²) in [6.07, 6.45) is 0.938. The lowest BCUT2D eigenvalue weighted by Crippen LogP contribution is -2.16. The summed E-state index contributed by atoms with van der Waals surface area (Å²) in [5.74, 6) is 1.85. The molecular weight excluding hydrogens is 400 g/mol. The Labute approximate surface area is 185 Å². The van der Waals surface area contributed by atoms with Crippen molar-refractivity contribution < 1.29 is 33.9 Å². The van der Waals surface area contributed by atoms with Crippen LogP contribution >= 0.6 is 0 Å². The Morgan fingerprint density at radius 2 is 1.06 bits per heavy atom. The highest BCUT2D eigenvalue weighted by molar-refractivity contribution is 5.31. The monoisotopic (exact) mass is 436 g/mol. The van der Waals surface area contributed by atoms with Crippen LogP contribution in [0.25, 0.3) is 0 Å². The van der Waals surface area contributed by atoms with Crippen molar-refractivity contribution in [2.24, 2.45) is 0 Å². The summed E-state index contributed by atoms with van der Waals surface area (Å²) in [5.41, 5.74) is 0. The minimum atomic E-state index is -0.246. The summed E-state index contributed by atoms with van der Waals surface area (Å²) in [6, 6.07) is 13.1. The number of aromatic hydroxyl groups is 2. The van der Waals surface area contributed by atoms with Crippen molar-refractivity contribution in [3.63, 3.8) is 0 Å². The van der Waals surface area contributed by atoms with E-state index in [0.717, 1.165) is 18.1 Å². The third kappa shape index (κ3) is 15.6. The molecule has 0 saturated heterocycles. The van der Waals surface area contributed by atoms with E-state index in [1.807, 2.05) is 58.9 Å². The van der Waals surface area contributed by atoms with Crippen LogP contribution in [0.5, 0.6) is 23.0 Å². The molecule has 2 atom stereocenters. The van der Waals surface area contributed by atoms with Gasteiger partial charge in [-0.25, -0.2) is 0 Å². The molecule has 0 radical (unpaired) electrons. The van der Waals surface area contributed by atoms with Crippen molar-refractivity contribution >= 4 is 0 Å². The molecule has 0 aromatic heterocycles. The first-order valence-electron chi connectivity index (χ1n) is 10.2. The molecule has 0 heterocycles. The Morgan fingerprint density at radius 1 is 0.710 bits per heavy atom. The van der Waals surface area contributed by atoms with Crippen LogP contribution in [-0.2, 0) is 14.2 Å². The molecule has 31 heavy (non-hydrogen) atoms. The highest BCUT2D eigenvalue weighted by Crippen LogP contribution is 2.20. The van der Waals surface area contributed by atoms with Gasteiger partial charge in [-0.15, -0.1) is 0 Å². The van der Waals surface area contributed by atoms with Crippen molar-refractivity contribution in [1.29, 1.82) is 0 Å². The highest BCUT2D eigenvalue weighted by atomic mass is 16.7. The lowest BCUT2D eigenvalue weighted by atomic mass is 10.3. The van der Waals surface area contributed by atoms with E-state index in [0.29, 0.717) is 13.2 Å². The van der Waals surface area contributed by atoms with Gasteiger partial charge in [-0.3, -0.25) is 0 Å². The van der Waals surface area contributed by atoms with Crippen LogP contribution < -0.4 is 9.47 Å². The first-order valence-corrected chi connectivity index (χ1v) is 10.2. The zero-order valence-corrected chi connectivity index (χ0v) is 19.1. The predicted octanol–water partition coefficient (Wildman–Crippen LogP) is 5.47. The number of ether oxygens (including phenoxy) is 5. The number of phenols is 2. The van der Waals surface area contributed by atoms with Crippen LogP contribution in [0.3, 0.4) is 0 Å². The fourth-order valence-corrected chi connectivity index (χ4v) is 2.09. The second-order valence-corrected chi connectivity index (χ2v) is 5.89. The fourth-order valence-electron chi connectivity index (χ4n) is 2.09. The third-order valence-corrected chi connectivity index (χ3v) is 3.36. The maximum absolute atomic E-state index is 8.65. The Bertz CT molecular complexity index is 617. The van der Waals surface area contributed by atoms with Gasteiger partial charge in [0.05, 0.1) is 12.9 Å². The number of hydrogen-bond acceptors (Lipinski definition) is 7. The number of rotatable bonds is 10. The zero-order valence-electron chi connectivity index (χ0n) is 19.1. The summed E-state index contributed by atoms with van der Waals surface area (Å²) in [4.78, 5) is 0. The minimum absolute atomic E-state index is 0.169. The number of benzene rings is 2. The zero-order chi connectivity index (χ0) is 23.5. The summed E-state index contributed by atoms with van der Waals surface area (Å²) in [6.45, 7) is 14.8. The predicted molar refractivity (Wildman–Crippen MR) is 121 cm³/mol. The van der Waals surface area contributed by atoms with E-state index in [9.17, 15) is 0 Å². The normalized spacial score (nSPS) is 11.5. The fraction of sp³-hybridized carbons (Fsp3) is 0.417. The van der Waals surface area contributed by atoms with Gasteiger partial charge in [0.2, 0.25) is 0 Å². The average molecular weight is 437 g/mol. The van der Waals surface area contributed by atoms with Crippen LogP contribution in [0.4, 0.5) is 0 Å². The maximum atomic E-state index is 8.65. The second-order valence-electron chi connectivity index (χ2n) is 5.89. The molecule has 7 nitrogen and oxygen atoms in total. The molecule has 0 aliphatic heterocycles. The molecule has 7 heteroatoms. The van der Waals surface area contributed by atoms with Crippen LogP contribution in [0.1, 0.15) is 34.6 Å². The number of hydrogen-bond donors (Lipinski definition) is 2. The average Bonchev–Trinajstić information content (AvgIpc) is 2.74. The molecule has 0 fully saturated rings. The van der Waals surface area contributed by atoms with Crippen molar-refractivity contribution in [3.8, 4) is 23.0 Å². The SMILES string of the molecule is C=COCC.CCOC(C)Oc1ccc(OC(C)OCC)cc1.Oc1ccc(O)cc1. The Hall–Kier alpha value is -2.90. The summed E-state index contributed by atoms with van der Waals surface area (Å²) < 4.78 is 26.3. The smallest absolute Gasteiger partial charge is 0.196 e. The Kier molecular flexibility index (Phi) is 16.2. The van der Waals surface area contributed by atoms with E-state index < -0.39 is 0 Å². The van der Waals surface area contributed by atoms with Gasteiger partial charge in [-0.1, -0.05) is 6.58 Å². The van der Waals surface area contributed by atoms with E-state index in [-0.39, 0.29) is 24.1 Å². The molecule has 0 spiro atoms. The molecule has 0 aliphatic rings.